The minimum absolute atomic E-state index is 0.0963. The number of carbonyl (C=O) groups is 1. The lowest BCUT2D eigenvalue weighted by Gasteiger charge is -2.07. The maximum Gasteiger partial charge on any atom is 0.328 e. The van der Waals surface area contributed by atoms with Gasteiger partial charge in [-0.15, -0.1) is 0 Å². The summed E-state index contributed by atoms with van der Waals surface area (Å²) in [6.07, 6.45) is 2.48. The molecule has 2 aromatic rings. The van der Waals surface area contributed by atoms with Crippen molar-refractivity contribution in [3.8, 4) is 5.75 Å². The zero-order valence-electron chi connectivity index (χ0n) is 10.9. The topological polar surface area (TPSA) is 46.5 Å². The van der Waals surface area contributed by atoms with Crippen LogP contribution >= 0.6 is 0 Å². The Bertz CT molecular complexity index is 661. The molecule has 0 spiro atoms. The van der Waals surface area contributed by atoms with Crippen LogP contribution < -0.4 is 4.74 Å². The van der Waals surface area contributed by atoms with E-state index in [1.165, 1.54) is 6.08 Å². The fourth-order valence-electron chi connectivity index (χ4n) is 1.73. The third-order valence-electron chi connectivity index (χ3n) is 2.61. The molecule has 0 saturated heterocycles. The Morgan fingerprint density at radius 3 is 2.52 bits per heavy atom. The van der Waals surface area contributed by atoms with Crippen molar-refractivity contribution in [3.63, 3.8) is 0 Å². The molecule has 0 aromatic heterocycles. The molecular weight excluding hydrogens is 278 g/mol. The second-order valence-electron chi connectivity index (χ2n) is 4.31. The highest BCUT2D eigenvalue weighted by molar-refractivity contribution is 5.85. The monoisotopic (exact) mass is 290 g/mol. The summed E-state index contributed by atoms with van der Waals surface area (Å²) < 4.78 is 31.3. The van der Waals surface area contributed by atoms with E-state index in [2.05, 4.69) is 0 Å². The van der Waals surface area contributed by atoms with Crippen LogP contribution in [0.2, 0.25) is 0 Å². The number of carboxylic acid groups (broad SMARTS) is 1. The van der Waals surface area contributed by atoms with Gasteiger partial charge in [0.15, 0.2) is 0 Å². The largest absolute Gasteiger partial charge is 0.489 e. The molecule has 0 aliphatic rings. The Morgan fingerprint density at radius 1 is 1.14 bits per heavy atom. The number of hydrogen-bond donors (Lipinski definition) is 1. The van der Waals surface area contributed by atoms with Gasteiger partial charge in [0.2, 0.25) is 0 Å². The van der Waals surface area contributed by atoms with Gasteiger partial charge in [0.05, 0.1) is 0 Å². The summed E-state index contributed by atoms with van der Waals surface area (Å²) >= 11 is 0. The highest BCUT2D eigenvalue weighted by Crippen LogP contribution is 2.17. The molecule has 0 saturated carbocycles. The van der Waals surface area contributed by atoms with Crippen molar-refractivity contribution in [1.82, 2.24) is 0 Å². The van der Waals surface area contributed by atoms with E-state index < -0.39 is 17.6 Å². The summed E-state index contributed by atoms with van der Waals surface area (Å²) in [6, 6.07) is 9.94. The standard InChI is InChI=1S/C16H12F2O3/c17-13-7-14(18)9-15(8-13)21-10-12-3-1-2-11(6-12)4-5-16(19)20/h1-9H,10H2,(H,19,20). The molecular formula is C16H12F2O3. The van der Waals surface area contributed by atoms with Crippen LogP contribution in [-0.4, -0.2) is 11.1 Å². The lowest BCUT2D eigenvalue weighted by atomic mass is 10.1. The Morgan fingerprint density at radius 2 is 1.86 bits per heavy atom. The first-order chi connectivity index (χ1) is 10.0. The summed E-state index contributed by atoms with van der Waals surface area (Å²) in [5.41, 5.74) is 1.45. The SMILES string of the molecule is O=C(O)C=Cc1cccc(COc2cc(F)cc(F)c2)c1. The maximum atomic E-state index is 13.0. The van der Waals surface area contributed by atoms with E-state index in [1.807, 2.05) is 0 Å². The smallest absolute Gasteiger partial charge is 0.328 e. The quantitative estimate of drug-likeness (QED) is 0.855. The average molecular weight is 290 g/mol. The first kappa shape index (κ1) is 14.7. The molecule has 5 heteroatoms. The van der Waals surface area contributed by atoms with Gasteiger partial charge in [-0.2, -0.15) is 0 Å². The van der Waals surface area contributed by atoms with Crippen molar-refractivity contribution in [2.75, 3.05) is 0 Å². The molecule has 0 atom stereocenters. The lowest BCUT2D eigenvalue weighted by Crippen LogP contribution is -1.97. The number of ether oxygens (including phenoxy) is 1. The molecule has 0 bridgehead atoms. The highest BCUT2D eigenvalue weighted by Gasteiger charge is 2.02. The second-order valence-corrected chi connectivity index (χ2v) is 4.31. The van der Waals surface area contributed by atoms with Crippen molar-refractivity contribution < 1.29 is 23.4 Å². The van der Waals surface area contributed by atoms with Gasteiger partial charge in [-0.25, -0.2) is 13.6 Å². The van der Waals surface area contributed by atoms with E-state index in [1.54, 1.807) is 24.3 Å². The number of carboxylic acids is 1. The third kappa shape index (κ3) is 4.72. The number of halogens is 2. The zero-order valence-corrected chi connectivity index (χ0v) is 10.9. The average Bonchev–Trinajstić information content (AvgIpc) is 2.42. The van der Waals surface area contributed by atoms with Gasteiger partial charge in [0, 0.05) is 24.3 Å². The van der Waals surface area contributed by atoms with Gasteiger partial charge in [0.25, 0.3) is 0 Å². The van der Waals surface area contributed by atoms with Crippen LogP contribution in [0.15, 0.2) is 48.5 Å². The van der Waals surface area contributed by atoms with E-state index in [0.29, 0.717) is 5.56 Å². The molecule has 0 radical (unpaired) electrons. The first-order valence-corrected chi connectivity index (χ1v) is 6.12. The van der Waals surface area contributed by atoms with Gasteiger partial charge in [-0.05, 0) is 23.3 Å². The number of aliphatic carboxylic acids is 1. The lowest BCUT2D eigenvalue weighted by molar-refractivity contribution is -0.131. The third-order valence-corrected chi connectivity index (χ3v) is 2.61. The molecule has 0 aliphatic heterocycles. The highest BCUT2D eigenvalue weighted by atomic mass is 19.1. The van der Waals surface area contributed by atoms with Crippen LogP contribution in [0, 0.1) is 11.6 Å². The molecule has 0 unspecified atom stereocenters. The van der Waals surface area contributed by atoms with Crippen LogP contribution in [0.4, 0.5) is 8.78 Å². The number of hydrogen-bond acceptors (Lipinski definition) is 2. The molecule has 0 fully saturated rings. The van der Waals surface area contributed by atoms with Crippen LogP contribution in [0.25, 0.3) is 6.08 Å². The molecule has 0 heterocycles. The molecule has 108 valence electrons. The van der Waals surface area contributed by atoms with Gasteiger partial charge in [-0.3, -0.25) is 0 Å². The van der Waals surface area contributed by atoms with Crippen LogP contribution in [-0.2, 0) is 11.4 Å². The molecule has 1 N–H and O–H groups in total. The summed E-state index contributed by atoms with van der Waals surface area (Å²) in [5, 5.41) is 8.57. The minimum Gasteiger partial charge on any atom is -0.489 e. The van der Waals surface area contributed by atoms with Crippen LogP contribution in [0.1, 0.15) is 11.1 Å². The summed E-state index contributed by atoms with van der Waals surface area (Å²) in [5.74, 6) is -2.35. The maximum absolute atomic E-state index is 13.0. The Hall–Kier alpha value is -2.69. The zero-order chi connectivity index (χ0) is 15.2. The fourth-order valence-corrected chi connectivity index (χ4v) is 1.73. The van der Waals surface area contributed by atoms with Gasteiger partial charge >= 0.3 is 5.97 Å². The van der Waals surface area contributed by atoms with Crippen molar-refractivity contribution in [3.05, 3.63) is 71.3 Å². The normalized spacial score (nSPS) is 10.8. The van der Waals surface area contributed by atoms with Crippen molar-refractivity contribution >= 4 is 12.0 Å². The minimum atomic E-state index is -1.04. The van der Waals surface area contributed by atoms with Crippen molar-refractivity contribution in [2.45, 2.75) is 6.61 Å². The fraction of sp³-hybridized carbons (Fsp3) is 0.0625. The summed E-state index contributed by atoms with van der Waals surface area (Å²) in [7, 11) is 0. The summed E-state index contributed by atoms with van der Waals surface area (Å²) in [4.78, 5) is 10.4. The van der Waals surface area contributed by atoms with Crippen LogP contribution in [0.3, 0.4) is 0 Å². The molecule has 0 amide bonds. The van der Waals surface area contributed by atoms with Gasteiger partial charge < -0.3 is 9.84 Å². The van der Waals surface area contributed by atoms with E-state index in [0.717, 1.165) is 29.8 Å². The molecule has 0 aliphatic carbocycles. The first-order valence-electron chi connectivity index (χ1n) is 6.12. The predicted octanol–water partition coefficient (Wildman–Crippen LogP) is 3.64. The van der Waals surface area contributed by atoms with E-state index in [9.17, 15) is 13.6 Å². The van der Waals surface area contributed by atoms with Crippen LogP contribution in [0.5, 0.6) is 5.75 Å². The van der Waals surface area contributed by atoms with E-state index in [4.69, 9.17) is 9.84 Å². The molecule has 2 rings (SSSR count). The number of benzene rings is 2. The molecule has 3 nitrogen and oxygen atoms in total. The number of rotatable bonds is 5. The van der Waals surface area contributed by atoms with Gasteiger partial charge in [-0.1, -0.05) is 18.2 Å². The Labute approximate surface area is 120 Å². The molecule has 2 aromatic carbocycles. The van der Waals surface area contributed by atoms with Crippen molar-refractivity contribution in [2.24, 2.45) is 0 Å². The summed E-state index contributed by atoms with van der Waals surface area (Å²) in [6.45, 7) is 0.123. The second kappa shape index (κ2) is 6.65. The van der Waals surface area contributed by atoms with Crippen molar-refractivity contribution in [1.29, 1.82) is 0 Å². The van der Waals surface area contributed by atoms with E-state index in [-0.39, 0.29) is 12.4 Å². The predicted molar refractivity (Wildman–Crippen MR) is 73.8 cm³/mol. The Kier molecular flexibility index (Phi) is 4.66. The molecule has 21 heavy (non-hydrogen) atoms. The van der Waals surface area contributed by atoms with Gasteiger partial charge in [0.1, 0.15) is 24.0 Å². The Balaban J connectivity index is 2.06. The van der Waals surface area contributed by atoms with E-state index >= 15 is 0 Å².